The summed E-state index contributed by atoms with van der Waals surface area (Å²) in [5.41, 5.74) is 0. The van der Waals surface area contributed by atoms with Gasteiger partial charge in [-0.3, -0.25) is 4.79 Å². The zero-order valence-electron chi connectivity index (χ0n) is 4.64. The second-order valence-corrected chi connectivity index (χ2v) is 2.78. The Balaban J connectivity index is 3.50. The molecule has 6 heteroatoms. The van der Waals surface area contributed by atoms with Gasteiger partial charge in [0.05, 0.1) is 0 Å². The number of ether oxygens (including phenoxy) is 1. The molecule has 58 valence electrons. The van der Waals surface area contributed by atoms with Gasteiger partial charge in [0.15, 0.2) is 6.61 Å². The van der Waals surface area contributed by atoms with Crippen molar-refractivity contribution in [2.45, 2.75) is 4.84 Å². The number of carbonyl (C=O) groups excluding carboxylic acids is 2. The topological polar surface area (TPSA) is 43.4 Å². The quantitative estimate of drug-likeness (QED) is 0.394. The van der Waals surface area contributed by atoms with Gasteiger partial charge in [0.25, 0.3) is 5.24 Å². The number of carbonyl (C=O) groups is 2. The Morgan fingerprint density at radius 2 is 1.90 bits per heavy atom. The molecular formula is C4H3Cl3O3. The van der Waals surface area contributed by atoms with Crippen LogP contribution in [0.4, 0.5) is 0 Å². The highest BCUT2D eigenvalue weighted by Gasteiger charge is 2.13. The summed E-state index contributed by atoms with van der Waals surface area (Å²) in [6.45, 7) is -0.504. The predicted molar refractivity (Wildman–Crippen MR) is 37.3 cm³/mol. The molecule has 0 aliphatic carbocycles. The van der Waals surface area contributed by atoms with Gasteiger partial charge in [-0.1, -0.05) is 23.2 Å². The number of esters is 1. The summed E-state index contributed by atoms with van der Waals surface area (Å²) >= 11 is 14.9. The molecule has 0 aliphatic heterocycles. The van der Waals surface area contributed by atoms with Crippen LogP contribution in [0.3, 0.4) is 0 Å². The van der Waals surface area contributed by atoms with Crippen LogP contribution in [0.2, 0.25) is 0 Å². The van der Waals surface area contributed by atoms with Crippen molar-refractivity contribution >= 4 is 46.0 Å². The molecule has 0 spiro atoms. The fraction of sp³-hybridized carbons (Fsp3) is 0.500. The summed E-state index contributed by atoms with van der Waals surface area (Å²) in [6.07, 6.45) is 0. The van der Waals surface area contributed by atoms with Gasteiger partial charge in [-0.25, -0.2) is 4.79 Å². The smallest absolute Gasteiger partial charge is 0.339 e. The molecule has 0 aromatic heterocycles. The molecule has 0 heterocycles. The van der Waals surface area contributed by atoms with Gasteiger partial charge in [0, 0.05) is 0 Å². The molecule has 0 N–H and O–H groups in total. The Hall–Kier alpha value is 0.01000. The molecule has 0 aromatic carbocycles. The number of hydrogen-bond donors (Lipinski definition) is 0. The number of rotatable bonds is 3. The maximum absolute atomic E-state index is 10.4. The van der Waals surface area contributed by atoms with Crippen molar-refractivity contribution in [3.05, 3.63) is 0 Å². The first kappa shape index (κ1) is 10.0. The van der Waals surface area contributed by atoms with E-state index in [9.17, 15) is 9.59 Å². The minimum absolute atomic E-state index is 0.504. The maximum atomic E-state index is 10.4. The first-order valence-electron chi connectivity index (χ1n) is 2.17. The van der Waals surface area contributed by atoms with Gasteiger partial charge >= 0.3 is 5.97 Å². The minimum atomic E-state index is -1.27. The minimum Gasteiger partial charge on any atom is -0.454 e. The van der Waals surface area contributed by atoms with Gasteiger partial charge in [-0.05, 0) is 11.6 Å². The van der Waals surface area contributed by atoms with Crippen molar-refractivity contribution in [2.24, 2.45) is 0 Å². The summed E-state index contributed by atoms with van der Waals surface area (Å²) in [7, 11) is 0. The van der Waals surface area contributed by atoms with Crippen molar-refractivity contribution in [3.63, 3.8) is 0 Å². The molecule has 0 bridgehead atoms. The first-order chi connectivity index (χ1) is 4.54. The third-order valence-electron chi connectivity index (χ3n) is 0.506. The normalized spacial score (nSPS) is 9.60. The molecule has 0 saturated carbocycles. The van der Waals surface area contributed by atoms with Crippen molar-refractivity contribution in [3.8, 4) is 0 Å². The Kier molecular flexibility index (Phi) is 4.77. The summed E-state index contributed by atoms with van der Waals surface area (Å²) in [6, 6.07) is 0. The predicted octanol–water partition coefficient (Wildman–Crippen LogP) is 1.10. The van der Waals surface area contributed by atoms with Crippen molar-refractivity contribution in [2.75, 3.05) is 6.61 Å². The number of hydrogen-bond acceptors (Lipinski definition) is 3. The Bertz CT molecular complexity index is 145. The third-order valence-corrected chi connectivity index (χ3v) is 0.972. The highest BCUT2D eigenvalue weighted by Crippen LogP contribution is 2.03. The zero-order valence-corrected chi connectivity index (χ0v) is 6.91. The fourth-order valence-corrected chi connectivity index (χ4v) is 0.371. The van der Waals surface area contributed by atoms with Crippen LogP contribution in [-0.4, -0.2) is 22.7 Å². The second-order valence-electron chi connectivity index (χ2n) is 1.26. The van der Waals surface area contributed by atoms with Crippen molar-refractivity contribution in [1.82, 2.24) is 0 Å². The van der Waals surface area contributed by atoms with E-state index in [4.69, 9.17) is 34.8 Å². The molecule has 0 unspecified atom stereocenters. The lowest BCUT2D eigenvalue weighted by molar-refractivity contribution is -0.144. The molecule has 0 rings (SSSR count). The molecule has 0 aromatic rings. The Labute approximate surface area is 72.2 Å². The average molecular weight is 205 g/mol. The molecule has 0 radical (unpaired) electrons. The van der Waals surface area contributed by atoms with Crippen molar-refractivity contribution in [1.29, 1.82) is 0 Å². The zero-order chi connectivity index (χ0) is 8.15. The Morgan fingerprint density at radius 3 is 2.20 bits per heavy atom. The maximum Gasteiger partial charge on any atom is 0.339 e. The largest absolute Gasteiger partial charge is 0.454 e. The molecule has 3 nitrogen and oxygen atoms in total. The van der Waals surface area contributed by atoms with E-state index >= 15 is 0 Å². The third kappa shape index (κ3) is 4.85. The van der Waals surface area contributed by atoms with Gasteiger partial charge in [-0.2, -0.15) is 0 Å². The fourth-order valence-electron chi connectivity index (χ4n) is 0.191. The van der Waals surface area contributed by atoms with E-state index in [-0.39, 0.29) is 0 Å². The van der Waals surface area contributed by atoms with E-state index in [0.717, 1.165) is 0 Å². The van der Waals surface area contributed by atoms with Gasteiger partial charge in [0.2, 0.25) is 4.84 Å². The molecule has 0 atom stereocenters. The van der Waals surface area contributed by atoms with Crippen LogP contribution >= 0.6 is 34.8 Å². The first-order valence-corrected chi connectivity index (χ1v) is 3.42. The van der Waals surface area contributed by atoms with Crippen LogP contribution in [0.5, 0.6) is 0 Å². The summed E-state index contributed by atoms with van der Waals surface area (Å²) < 4.78 is 4.18. The highest BCUT2D eigenvalue weighted by molar-refractivity contribution is 6.64. The lowest BCUT2D eigenvalue weighted by atomic mass is 10.7. The highest BCUT2D eigenvalue weighted by atomic mass is 35.5. The van der Waals surface area contributed by atoms with Gasteiger partial charge < -0.3 is 4.74 Å². The van der Waals surface area contributed by atoms with Crippen LogP contribution < -0.4 is 0 Å². The van der Waals surface area contributed by atoms with Crippen LogP contribution in [-0.2, 0) is 14.3 Å². The molecule has 0 saturated heterocycles. The molecule has 10 heavy (non-hydrogen) atoms. The Morgan fingerprint density at radius 1 is 1.40 bits per heavy atom. The lowest BCUT2D eigenvalue weighted by Gasteiger charge is -1.99. The SMILES string of the molecule is O=C(Cl)COC(=O)C(Cl)Cl. The van der Waals surface area contributed by atoms with E-state index in [1.165, 1.54) is 0 Å². The van der Waals surface area contributed by atoms with E-state index in [1.54, 1.807) is 0 Å². The number of alkyl halides is 2. The molecular weight excluding hydrogens is 202 g/mol. The second kappa shape index (κ2) is 4.77. The molecule has 0 fully saturated rings. The molecule has 0 aliphatic rings. The number of halogens is 3. The monoisotopic (exact) mass is 204 g/mol. The van der Waals surface area contributed by atoms with Gasteiger partial charge in [0.1, 0.15) is 0 Å². The molecule has 0 amide bonds. The van der Waals surface area contributed by atoms with Crippen LogP contribution in [0.25, 0.3) is 0 Å². The summed E-state index contributed by atoms with van der Waals surface area (Å²) in [5.74, 6) is -0.877. The van der Waals surface area contributed by atoms with Crippen molar-refractivity contribution < 1.29 is 14.3 Å². The van der Waals surface area contributed by atoms with Crippen LogP contribution in [0, 0.1) is 0 Å². The summed E-state index contributed by atoms with van der Waals surface area (Å²) in [4.78, 5) is 19.1. The summed E-state index contributed by atoms with van der Waals surface area (Å²) in [5, 5.41) is -0.776. The van der Waals surface area contributed by atoms with E-state index < -0.39 is 22.7 Å². The van der Waals surface area contributed by atoms with E-state index in [2.05, 4.69) is 4.74 Å². The van der Waals surface area contributed by atoms with E-state index in [0.29, 0.717) is 0 Å². The average Bonchev–Trinajstić information content (AvgIpc) is 1.82. The van der Waals surface area contributed by atoms with Crippen LogP contribution in [0.15, 0.2) is 0 Å². The van der Waals surface area contributed by atoms with Crippen LogP contribution in [0.1, 0.15) is 0 Å². The lowest BCUT2D eigenvalue weighted by Crippen LogP contribution is -2.15. The standard InChI is InChI=1S/C4H3Cl3O3/c5-2(8)1-10-4(9)3(6)7/h3H,1H2. The van der Waals surface area contributed by atoms with Gasteiger partial charge in [-0.15, -0.1) is 0 Å². The van der Waals surface area contributed by atoms with E-state index in [1.807, 2.05) is 0 Å².